The van der Waals surface area contributed by atoms with Gasteiger partial charge in [-0.1, -0.05) is 42.5 Å². The highest BCUT2D eigenvalue weighted by Gasteiger charge is 2.28. The average Bonchev–Trinajstić information content (AvgIpc) is 3.03. The lowest BCUT2D eigenvalue weighted by Gasteiger charge is -2.07. The summed E-state index contributed by atoms with van der Waals surface area (Å²) in [5.74, 6) is -2.31. The number of nitrogens with one attached hydrogen (secondary N) is 1. The summed E-state index contributed by atoms with van der Waals surface area (Å²) in [5.41, 5.74) is 0.885. The summed E-state index contributed by atoms with van der Waals surface area (Å²) < 4.78 is 38.1. The highest BCUT2D eigenvalue weighted by Crippen LogP contribution is 2.46. The second-order valence-corrected chi connectivity index (χ2v) is 8.02. The molecule has 30 heavy (non-hydrogen) atoms. The number of benzene rings is 2. The number of rotatable bonds is 5. The second kappa shape index (κ2) is 7.53. The van der Waals surface area contributed by atoms with Crippen LogP contribution in [0.1, 0.15) is 6.92 Å². The van der Waals surface area contributed by atoms with Crippen LogP contribution in [0.4, 0.5) is 5.88 Å². The molecule has 0 saturated heterocycles. The Morgan fingerprint density at radius 1 is 1.03 bits per heavy atom. The number of anilines is 1. The second-order valence-electron chi connectivity index (χ2n) is 6.34. The molecule has 0 aliphatic heterocycles. The standard InChI is InChI=1S/C21H16N2O6S/c1-13(24)28-20-18(25)19(17-12-11-14-7-5-6-10-16(14)22-17)29-21(20)23-30(26,27)15-8-3-2-4-9-15/h2-12,23,25H,1H3. The molecule has 4 aromatic rings. The van der Waals surface area contributed by atoms with Crippen molar-refractivity contribution in [2.45, 2.75) is 11.8 Å². The first-order valence-electron chi connectivity index (χ1n) is 8.83. The predicted octanol–water partition coefficient (Wildman–Crippen LogP) is 3.93. The fraction of sp³-hybridized carbons (Fsp3) is 0.0476. The van der Waals surface area contributed by atoms with Gasteiger partial charge in [0, 0.05) is 12.3 Å². The molecule has 4 rings (SSSR count). The van der Waals surface area contributed by atoms with Crippen molar-refractivity contribution in [1.29, 1.82) is 0 Å². The third-order valence-corrected chi connectivity index (χ3v) is 5.54. The minimum absolute atomic E-state index is 0.0277. The number of aromatic hydroxyl groups is 1. The van der Waals surface area contributed by atoms with Crippen molar-refractivity contribution in [3.05, 3.63) is 66.7 Å². The van der Waals surface area contributed by atoms with E-state index in [1.807, 2.05) is 18.2 Å². The Labute approximate surface area is 171 Å². The van der Waals surface area contributed by atoms with Gasteiger partial charge in [0.25, 0.3) is 15.9 Å². The molecule has 9 heteroatoms. The van der Waals surface area contributed by atoms with Crippen molar-refractivity contribution in [1.82, 2.24) is 4.98 Å². The molecule has 2 aromatic carbocycles. The molecule has 0 spiro atoms. The van der Waals surface area contributed by atoms with Gasteiger partial charge in [0.05, 0.1) is 10.4 Å². The van der Waals surface area contributed by atoms with Gasteiger partial charge in [-0.3, -0.25) is 4.79 Å². The van der Waals surface area contributed by atoms with Gasteiger partial charge in [-0.25, -0.2) is 18.1 Å². The van der Waals surface area contributed by atoms with E-state index in [4.69, 9.17) is 9.15 Å². The van der Waals surface area contributed by atoms with Gasteiger partial charge in [0.15, 0.2) is 0 Å². The summed E-state index contributed by atoms with van der Waals surface area (Å²) in [6.07, 6.45) is 0. The van der Waals surface area contributed by atoms with Crippen molar-refractivity contribution >= 4 is 32.8 Å². The molecular weight excluding hydrogens is 408 g/mol. The zero-order valence-electron chi connectivity index (χ0n) is 15.7. The Hall–Kier alpha value is -3.85. The number of aromatic nitrogens is 1. The Bertz CT molecular complexity index is 1350. The van der Waals surface area contributed by atoms with Crippen LogP contribution in [-0.4, -0.2) is 24.5 Å². The maximum absolute atomic E-state index is 12.7. The minimum atomic E-state index is -4.06. The van der Waals surface area contributed by atoms with Crippen molar-refractivity contribution in [3.8, 4) is 23.0 Å². The number of sulfonamides is 1. The van der Waals surface area contributed by atoms with Crippen LogP contribution in [0.5, 0.6) is 11.5 Å². The predicted molar refractivity (Wildman–Crippen MR) is 110 cm³/mol. The Morgan fingerprint density at radius 3 is 2.47 bits per heavy atom. The fourth-order valence-corrected chi connectivity index (χ4v) is 3.87. The summed E-state index contributed by atoms with van der Waals surface area (Å²) in [5, 5.41) is 11.5. The summed E-state index contributed by atoms with van der Waals surface area (Å²) in [4.78, 5) is 15.9. The van der Waals surface area contributed by atoms with Gasteiger partial charge >= 0.3 is 5.97 Å². The maximum atomic E-state index is 12.7. The number of hydrogen-bond donors (Lipinski definition) is 2. The first kappa shape index (κ1) is 19.5. The van der Waals surface area contributed by atoms with E-state index in [1.54, 1.807) is 36.4 Å². The third kappa shape index (κ3) is 3.70. The van der Waals surface area contributed by atoms with Crippen LogP contribution in [0, 0.1) is 0 Å². The van der Waals surface area contributed by atoms with E-state index < -0.39 is 33.4 Å². The zero-order chi connectivity index (χ0) is 21.3. The lowest BCUT2D eigenvalue weighted by atomic mass is 10.2. The van der Waals surface area contributed by atoms with E-state index in [-0.39, 0.29) is 16.3 Å². The molecule has 2 heterocycles. The Morgan fingerprint density at radius 2 is 1.73 bits per heavy atom. The largest absolute Gasteiger partial charge is 0.501 e. The fourth-order valence-electron chi connectivity index (χ4n) is 2.86. The zero-order valence-corrected chi connectivity index (χ0v) is 16.5. The molecule has 0 radical (unpaired) electrons. The highest BCUT2D eigenvalue weighted by molar-refractivity contribution is 7.92. The molecule has 0 bridgehead atoms. The smallest absolute Gasteiger partial charge is 0.308 e. The van der Waals surface area contributed by atoms with E-state index in [9.17, 15) is 18.3 Å². The molecule has 0 amide bonds. The van der Waals surface area contributed by atoms with E-state index >= 15 is 0 Å². The molecule has 0 unspecified atom stereocenters. The number of pyridine rings is 1. The van der Waals surface area contributed by atoms with Gasteiger partial charge in [0.2, 0.25) is 17.3 Å². The van der Waals surface area contributed by atoms with Crippen LogP contribution in [-0.2, 0) is 14.8 Å². The normalized spacial score (nSPS) is 11.4. The third-order valence-electron chi connectivity index (χ3n) is 4.20. The molecule has 0 fully saturated rings. The Balaban J connectivity index is 1.81. The molecule has 2 N–H and O–H groups in total. The molecule has 0 atom stereocenters. The number of hydrogen-bond acceptors (Lipinski definition) is 7. The molecule has 152 valence electrons. The van der Waals surface area contributed by atoms with Crippen molar-refractivity contribution in [2.75, 3.05) is 4.72 Å². The van der Waals surface area contributed by atoms with E-state index in [1.165, 1.54) is 12.1 Å². The van der Waals surface area contributed by atoms with Gasteiger partial charge in [-0.15, -0.1) is 0 Å². The lowest BCUT2D eigenvalue weighted by molar-refractivity contribution is -0.131. The van der Waals surface area contributed by atoms with Crippen LogP contribution in [0.15, 0.2) is 76.0 Å². The number of ether oxygens (including phenoxy) is 1. The number of furan rings is 1. The van der Waals surface area contributed by atoms with Gasteiger partial charge in [-0.05, 0) is 24.3 Å². The summed E-state index contributed by atoms with van der Waals surface area (Å²) >= 11 is 0. The molecule has 0 saturated carbocycles. The first-order chi connectivity index (χ1) is 14.3. The molecule has 0 aliphatic rings. The lowest BCUT2D eigenvalue weighted by Crippen LogP contribution is -2.13. The summed E-state index contributed by atoms with van der Waals surface area (Å²) in [6, 6.07) is 18.3. The summed E-state index contributed by atoms with van der Waals surface area (Å²) in [7, 11) is -4.06. The first-order valence-corrected chi connectivity index (χ1v) is 10.3. The summed E-state index contributed by atoms with van der Waals surface area (Å²) in [6.45, 7) is 1.12. The molecule has 8 nitrogen and oxygen atoms in total. The molecular formula is C21H16N2O6S. The molecule has 2 aromatic heterocycles. The van der Waals surface area contributed by atoms with Crippen molar-refractivity contribution in [2.24, 2.45) is 0 Å². The van der Waals surface area contributed by atoms with E-state index in [0.29, 0.717) is 5.52 Å². The average molecular weight is 424 g/mol. The van der Waals surface area contributed by atoms with Gasteiger partial charge in [-0.2, -0.15) is 0 Å². The SMILES string of the molecule is CC(=O)Oc1c(NS(=O)(=O)c2ccccc2)oc(-c2ccc3ccccc3n2)c1O. The molecule has 0 aliphatic carbocycles. The highest BCUT2D eigenvalue weighted by atomic mass is 32.2. The van der Waals surface area contributed by atoms with Crippen LogP contribution < -0.4 is 9.46 Å². The number of carbonyl (C=O) groups excluding carboxylic acids is 1. The van der Waals surface area contributed by atoms with Crippen molar-refractivity contribution in [3.63, 3.8) is 0 Å². The van der Waals surface area contributed by atoms with E-state index in [2.05, 4.69) is 9.71 Å². The Kier molecular flexibility index (Phi) is 4.88. The van der Waals surface area contributed by atoms with Crippen LogP contribution in [0.3, 0.4) is 0 Å². The van der Waals surface area contributed by atoms with Crippen LogP contribution >= 0.6 is 0 Å². The quantitative estimate of drug-likeness (QED) is 0.466. The monoisotopic (exact) mass is 424 g/mol. The van der Waals surface area contributed by atoms with Crippen LogP contribution in [0.2, 0.25) is 0 Å². The number of nitrogens with zero attached hydrogens (tertiary/aromatic N) is 1. The number of esters is 1. The van der Waals surface area contributed by atoms with Crippen LogP contribution in [0.25, 0.3) is 22.4 Å². The van der Waals surface area contributed by atoms with Gasteiger partial charge < -0.3 is 14.3 Å². The van der Waals surface area contributed by atoms with Gasteiger partial charge in [0.1, 0.15) is 5.69 Å². The number of para-hydroxylation sites is 1. The van der Waals surface area contributed by atoms with E-state index in [0.717, 1.165) is 12.3 Å². The number of fused-ring (bicyclic) bond motifs is 1. The minimum Gasteiger partial charge on any atom is -0.501 e. The topological polar surface area (TPSA) is 119 Å². The maximum Gasteiger partial charge on any atom is 0.308 e. The number of carbonyl (C=O) groups is 1. The van der Waals surface area contributed by atoms with Crippen molar-refractivity contribution < 1.29 is 27.5 Å².